The van der Waals surface area contributed by atoms with Crippen LogP contribution in [0.3, 0.4) is 0 Å². The fraction of sp³-hybridized carbons (Fsp3) is 0.538. The molecular weight excluding hydrogens is 232 g/mol. The Hall–Kier alpha value is -1.62. The number of benzene rings is 1. The van der Waals surface area contributed by atoms with E-state index in [9.17, 15) is 10.1 Å². The summed E-state index contributed by atoms with van der Waals surface area (Å²) in [4.78, 5) is 12.6. The first-order valence-corrected chi connectivity index (χ1v) is 6.22. The van der Waals surface area contributed by atoms with E-state index in [0.29, 0.717) is 11.5 Å². The van der Waals surface area contributed by atoms with Crippen molar-refractivity contribution in [3.05, 3.63) is 33.9 Å². The molecule has 1 saturated heterocycles. The van der Waals surface area contributed by atoms with E-state index in [1.54, 1.807) is 13.0 Å². The summed E-state index contributed by atoms with van der Waals surface area (Å²) in [5.41, 5.74) is 1.91. The predicted molar refractivity (Wildman–Crippen MR) is 69.9 cm³/mol. The van der Waals surface area contributed by atoms with Crippen molar-refractivity contribution >= 4 is 11.4 Å². The van der Waals surface area contributed by atoms with Gasteiger partial charge in [0.2, 0.25) is 0 Å². The molecule has 1 aromatic rings. The molecule has 1 aromatic carbocycles. The van der Waals surface area contributed by atoms with Crippen LogP contribution in [0.25, 0.3) is 0 Å². The Morgan fingerprint density at radius 3 is 2.94 bits per heavy atom. The second-order valence-corrected chi connectivity index (χ2v) is 4.84. The number of rotatable bonds is 4. The van der Waals surface area contributed by atoms with Gasteiger partial charge in [-0.25, -0.2) is 0 Å². The van der Waals surface area contributed by atoms with Gasteiger partial charge in [-0.2, -0.15) is 0 Å². The van der Waals surface area contributed by atoms with Crippen molar-refractivity contribution < 1.29 is 10.0 Å². The van der Waals surface area contributed by atoms with E-state index < -0.39 is 0 Å². The molecule has 0 aromatic heterocycles. The molecule has 0 saturated carbocycles. The molecule has 18 heavy (non-hydrogen) atoms. The van der Waals surface area contributed by atoms with E-state index in [1.165, 1.54) is 0 Å². The maximum Gasteiger partial charge on any atom is 0.272 e. The van der Waals surface area contributed by atoms with E-state index >= 15 is 0 Å². The minimum Gasteiger partial charge on any atom is -0.396 e. The fourth-order valence-corrected chi connectivity index (χ4v) is 2.53. The van der Waals surface area contributed by atoms with Gasteiger partial charge in [0.05, 0.1) is 4.92 Å². The van der Waals surface area contributed by atoms with Crippen molar-refractivity contribution in [2.45, 2.75) is 19.8 Å². The minimum atomic E-state index is -0.350. The first kappa shape index (κ1) is 12.8. The lowest BCUT2D eigenvalue weighted by Gasteiger charge is -2.19. The molecule has 0 radical (unpaired) electrons. The van der Waals surface area contributed by atoms with Gasteiger partial charge < -0.3 is 10.0 Å². The zero-order valence-corrected chi connectivity index (χ0v) is 10.5. The summed E-state index contributed by atoms with van der Waals surface area (Å²) in [7, 11) is 0. The molecule has 98 valence electrons. The highest BCUT2D eigenvalue weighted by atomic mass is 16.6. The second-order valence-electron chi connectivity index (χ2n) is 4.84. The topological polar surface area (TPSA) is 66.6 Å². The number of nitro benzene ring substituents is 1. The van der Waals surface area contributed by atoms with Crippen LogP contribution >= 0.6 is 0 Å². The lowest BCUT2D eigenvalue weighted by molar-refractivity contribution is -0.385. The van der Waals surface area contributed by atoms with E-state index in [4.69, 9.17) is 5.11 Å². The van der Waals surface area contributed by atoms with Crippen LogP contribution in [0.2, 0.25) is 0 Å². The zero-order chi connectivity index (χ0) is 13.1. The van der Waals surface area contributed by atoms with Crippen molar-refractivity contribution in [1.82, 2.24) is 0 Å². The van der Waals surface area contributed by atoms with E-state index in [0.717, 1.165) is 31.6 Å². The Balaban J connectivity index is 2.11. The number of nitrogens with zero attached hydrogens (tertiary/aromatic N) is 2. The van der Waals surface area contributed by atoms with Crippen LogP contribution in [-0.2, 0) is 0 Å². The molecule has 1 aliphatic heterocycles. The summed E-state index contributed by atoms with van der Waals surface area (Å²) in [6, 6.07) is 5.26. The SMILES string of the molecule is Cc1cc(N2CCC(CCO)C2)ccc1[N+](=O)[O-]. The van der Waals surface area contributed by atoms with Crippen molar-refractivity contribution in [1.29, 1.82) is 0 Å². The highest BCUT2D eigenvalue weighted by molar-refractivity contribution is 5.55. The van der Waals surface area contributed by atoms with Gasteiger partial charge in [0, 0.05) is 37.0 Å². The molecule has 0 bridgehead atoms. The van der Waals surface area contributed by atoms with E-state index in [2.05, 4.69) is 4.90 Å². The normalized spacial score (nSPS) is 19.2. The standard InChI is InChI=1S/C13H18N2O3/c1-10-8-12(2-3-13(10)15(17)18)14-6-4-11(9-14)5-7-16/h2-3,8,11,16H,4-7,9H2,1H3. The lowest BCUT2D eigenvalue weighted by atomic mass is 10.1. The fourth-order valence-electron chi connectivity index (χ4n) is 2.53. The zero-order valence-electron chi connectivity index (χ0n) is 10.5. The average molecular weight is 250 g/mol. The third kappa shape index (κ3) is 2.61. The van der Waals surface area contributed by atoms with Gasteiger partial charge in [-0.15, -0.1) is 0 Å². The summed E-state index contributed by atoms with van der Waals surface area (Å²) in [6.45, 7) is 3.89. The van der Waals surface area contributed by atoms with E-state index in [-0.39, 0.29) is 17.2 Å². The van der Waals surface area contributed by atoms with Crippen LogP contribution in [0.15, 0.2) is 18.2 Å². The quantitative estimate of drug-likeness (QED) is 0.656. The van der Waals surface area contributed by atoms with Gasteiger partial charge in [-0.1, -0.05) is 0 Å². The Morgan fingerprint density at radius 1 is 1.56 bits per heavy atom. The van der Waals surface area contributed by atoms with Crippen LogP contribution in [-0.4, -0.2) is 29.7 Å². The van der Waals surface area contributed by atoms with Gasteiger partial charge in [0.15, 0.2) is 0 Å². The number of aryl methyl sites for hydroxylation is 1. The minimum absolute atomic E-state index is 0.171. The summed E-state index contributed by atoms with van der Waals surface area (Å²) in [5, 5.41) is 19.7. The van der Waals surface area contributed by atoms with Crippen LogP contribution in [0.5, 0.6) is 0 Å². The van der Waals surface area contributed by atoms with Crippen LogP contribution in [0.4, 0.5) is 11.4 Å². The Kier molecular flexibility index (Phi) is 3.81. The molecule has 1 unspecified atom stereocenters. The Bertz CT molecular complexity index is 448. The third-order valence-corrected chi connectivity index (χ3v) is 3.57. The highest BCUT2D eigenvalue weighted by Gasteiger charge is 2.23. The number of aliphatic hydroxyl groups excluding tert-OH is 1. The number of aliphatic hydroxyl groups is 1. The summed E-state index contributed by atoms with van der Waals surface area (Å²) in [6.07, 6.45) is 1.92. The average Bonchev–Trinajstić information content (AvgIpc) is 2.77. The third-order valence-electron chi connectivity index (χ3n) is 3.57. The molecule has 1 fully saturated rings. The first-order chi connectivity index (χ1) is 8.61. The first-order valence-electron chi connectivity index (χ1n) is 6.22. The maximum absolute atomic E-state index is 10.8. The second kappa shape index (κ2) is 5.35. The van der Waals surface area contributed by atoms with Crippen molar-refractivity contribution in [2.24, 2.45) is 5.92 Å². The number of hydrogen-bond acceptors (Lipinski definition) is 4. The molecule has 0 aliphatic carbocycles. The number of nitro groups is 1. The smallest absolute Gasteiger partial charge is 0.272 e. The molecule has 0 spiro atoms. The number of hydrogen-bond donors (Lipinski definition) is 1. The van der Waals surface area contributed by atoms with Gasteiger partial charge in [-0.3, -0.25) is 10.1 Å². The molecule has 1 N–H and O–H groups in total. The predicted octanol–water partition coefficient (Wildman–Crippen LogP) is 2.11. The summed E-state index contributed by atoms with van der Waals surface area (Å²) in [5.74, 6) is 0.533. The van der Waals surface area contributed by atoms with E-state index in [1.807, 2.05) is 12.1 Å². The highest BCUT2D eigenvalue weighted by Crippen LogP contribution is 2.29. The molecule has 1 aliphatic rings. The van der Waals surface area contributed by atoms with Crippen molar-refractivity contribution in [2.75, 3.05) is 24.6 Å². The molecular formula is C13H18N2O3. The summed E-state index contributed by atoms with van der Waals surface area (Å²) >= 11 is 0. The molecule has 1 atom stereocenters. The van der Waals surface area contributed by atoms with Gasteiger partial charge in [0.1, 0.15) is 0 Å². The van der Waals surface area contributed by atoms with Gasteiger partial charge in [0.25, 0.3) is 5.69 Å². The van der Waals surface area contributed by atoms with Crippen molar-refractivity contribution in [3.63, 3.8) is 0 Å². The Labute approximate surface area is 106 Å². The monoisotopic (exact) mass is 250 g/mol. The Morgan fingerprint density at radius 2 is 2.33 bits per heavy atom. The number of anilines is 1. The van der Waals surface area contributed by atoms with Crippen LogP contribution in [0.1, 0.15) is 18.4 Å². The molecule has 5 heteroatoms. The van der Waals surface area contributed by atoms with Gasteiger partial charge in [-0.05, 0) is 37.8 Å². The largest absolute Gasteiger partial charge is 0.396 e. The lowest BCUT2D eigenvalue weighted by Crippen LogP contribution is -2.20. The molecule has 5 nitrogen and oxygen atoms in total. The van der Waals surface area contributed by atoms with Crippen LogP contribution < -0.4 is 4.90 Å². The van der Waals surface area contributed by atoms with Crippen LogP contribution in [0, 0.1) is 23.0 Å². The molecule has 2 rings (SSSR count). The maximum atomic E-state index is 10.8. The van der Waals surface area contributed by atoms with Gasteiger partial charge >= 0.3 is 0 Å². The van der Waals surface area contributed by atoms with Crippen molar-refractivity contribution in [3.8, 4) is 0 Å². The molecule has 1 heterocycles. The molecule has 0 amide bonds. The summed E-state index contributed by atoms with van der Waals surface area (Å²) < 4.78 is 0.